The minimum Gasteiger partial charge on any atom is -0.384 e. The average Bonchev–Trinajstić information content (AvgIpc) is 2.68. The Labute approximate surface area is 161 Å². The van der Waals surface area contributed by atoms with Gasteiger partial charge in [-0.15, -0.1) is 0 Å². The van der Waals surface area contributed by atoms with Crippen LogP contribution in [-0.2, 0) is 10.3 Å². The van der Waals surface area contributed by atoms with E-state index in [1.807, 2.05) is 30.3 Å². The largest absolute Gasteiger partial charge is 0.384 e. The van der Waals surface area contributed by atoms with Gasteiger partial charge in [-0.3, -0.25) is 4.90 Å². The Morgan fingerprint density at radius 3 is 2.35 bits per heavy atom. The summed E-state index contributed by atoms with van der Waals surface area (Å²) < 4.78 is 5.50. The Kier molecular flexibility index (Phi) is 6.71. The molecule has 0 bridgehead atoms. The molecule has 1 heterocycles. The smallest absolute Gasteiger partial charge is 0.0976 e. The molecule has 26 heavy (non-hydrogen) atoms. The molecule has 1 N–H and O–H groups in total. The molecule has 0 spiro atoms. The van der Waals surface area contributed by atoms with E-state index in [1.165, 1.54) is 5.56 Å². The van der Waals surface area contributed by atoms with Gasteiger partial charge in [0, 0.05) is 30.6 Å². The highest BCUT2D eigenvalue weighted by Crippen LogP contribution is 2.41. The first-order valence-corrected chi connectivity index (χ1v) is 9.84. The van der Waals surface area contributed by atoms with Crippen molar-refractivity contribution in [3.63, 3.8) is 0 Å². The minimum atomic E-state index is -0.932. The van der Waals surface area contributed by atoms with Crippen molar-refractivity contribution < 1.29 is 9.84 Å². The highest BCUT2D eigenvalue weighted by molar-refractivity contribution is 6.30. The SMILES string of the molecule is CCC[C@](O)(c1ccc(Cl)cc1)[C@H](CN1CCOCC1)c1ccccc1. The highest BCUT2D eigenvalue weighted by atomic mass is 35.5. The number of rotatable bonds is 7. The molecule has 0 amide bonds. The standard InChI is InChI=1S/C22H28ClNO2/c1-2-12-22(25,19-8-10-20(23)11-9-19)21(18-6-4-3-5-7-18)17-24-13-15-26-16-14-24/h3-11,21,25H,2,12-17H2,1H3/t21-,22+/m1/s1. The van der Waals surface area contributed by atoms with E-state index >= 15 is 0 Å². The van der Waals surface area contributed by atoms with Crippen LogP contribution in [0.5, 0.6) is 0 Å². The van der Waals surface area contributed by atoms with E-state index in [-0.39, 0.29) is 5.92 Å². The highest BCUT2D eigenvalue weighted by Gasteiger charge is 2.39. The summed E-state index contributed by atoms with van der Waals surface area (Å²) in [5, 5.41) is 12.6. The van der Waals surface area contributed by atoms with Crippen LogP contribution < -0.4 is 0 Å². The van der Waals surface area contributed by atoms with E-state index in [1.54, 1.807) is 0 Å². The topological polar surface area (TPSA) is 32.7 Å². The summed E-state index contributed by atoms with van der Waals surface area (Å²) in [6.45, 7) is 6.27. The number of ether oxygens (including phenoxy) is 1. The fourth-order valence-corrected chi connectivity index (χ4v) is 4.02. The predicted molar refractivity (Wildman–Crippen MR) is 107 cm³/mol. The van der Waals surface area contributed by atoms with E-state index in [0.717, 1.165) is 44.8 Å². The predicted octanol–water partition coefficient (Wildman–Crippen LogP) is 4.44. The zero-order valence-electron chi connectivity index (χ0n) is 15.4. The lowest BCUT2D eigenvalue weighted by molar-refractivity contribution is -0.0285. The maximum atomic E-state index is 11.9. The van der Waals surface area contributed by atoms with Gasteiger partial charge < -0.3 is 9.84 Å². The molecule has 2 aromatic rings. The fraction of sp³-hybridized carbons (Fsp3) is 0.455. The number of nitrogens with zero attached hydrogens (tertiary/aromatic N) is 1. The molecule has 3 nitrogen and oxygen atoms in total. The van der Waals surface area contributed by atoms with Gasteiger partial charge >= 0.3 is 0 Å². The molecule has 0 aliphatic carbocycles. The lowest BCUT2D eigenvalue weighted by Gasteiger charge is -2.41. The molecule has 2 aromatic carbocycles. The van der Waals surface area contributed by atoms with Crippen molar-refractivity contribution in [1.29, 1.82) is 0 Å². The van der Waals surface area contributed by atoms with Crippen LogP contribution in [0.4, 0.5) is 0 Å². The number of aliphatic hydroxyl groups is 1. The first-order chi connectivity index (χ1) is 12.6. The van der Waals surface area contributed by atoms with Crippen LogP contribution in [0.25, 0.3) is 0 Å². The molecule has 3 rings (SSSR count). The minimum absolute atomic E-state index is 0.0112. The summed E-state index contributed by atoms with van der Waals surface area (Å²) in [5.41, 5.74) is 1.18. The van der Waals surface area contributed by atoms with Crippen LogP contribution in [-0.4, -0.2) is 42.9 Å². The number of hydrogen-bond donors (Lipinski definition) is 1. The van der Waals surface area contributed by atoms with Crippen LogP contribution in [0, 0.1) is 0 Å². The van der Waals surface area contributed by atoms with Crippen LogP contribution in [0.3, 0.4) is 0 Å². The molecule has 2 atom stereocenters. The van der Waals surface area contributed by atoms with Crippen LogP contribution in [0.2, 0.25) is 5.02 Å². The third-order valence-corrected chi connectivity index (χ3v) is 5.55. The Morgan fingerprint density at radius 1 is 1.08 bits per heavy atom. The fourth-order valence-electron chi connectivity index (χ4n) is 3.90. The summed E-state index contributed by atoms with van der Waals surface area (Å²) in [7, 11) is 0. The summed E-state index contributed by atoms with van der Waals surface area (Å²) in [4.78, 5) is 2.40. The molecular formula is C22H28ClNO2. The molecule has 0 unspecified atom stereocenters. The molecule has 1 aliphatic rings. The van der Waals surface area contributed by atoms with Gasteiger partial charge in [-0.05, 0) is 29.7 Å². The number of halogens is 1. The third-order valence-electron chi connectivity index (χ3n) is 5.30. The van der Waals surface area contributed by atoms with Gasteiger partial charge in [0.1, 0.15) is 0 Å². The van der Waals surface area contributed by atoms with Crippen molar-refractivity contribution in [2.75, 3.05) is 32.8 Å². The average molecular weight is 374 g/mol. The first-order valence-electron chi connectivity index (χ1n) is 9.47. The Morgan fingerprint density at radius 2 is 1.73 bits per heavy atom. The normalized spacial score (nSPS) is 19.0. The van der Waals surface area contributed by atoms with Crippen LogP contribution in [0.15, 0.2) is 54.6 Å². The lowest BCUT2D eigenvalue weighted by Crippen LogP contribution is -2.45. The summed E-state index contributed by atoms with van der Waals surface area (Å²) in [6.07, 6.45) is 1.62. The maximum absolute atomic E-state index is 11.9. The molecule has 0 saturated carbocycles. The van der Waals surface area contributed by atoms with Crippen molar-refractivity contribution in [2.45, 2.75) is 31.3 Å². The van der Waals surface area contributed by atoms with E-state index in [2.05, 4.69) is 36.1 Å². The second-order valence-electron chi connectivity index (χ2n) is 7.06. The van der Waals surface area contributed by atoms with E-state index < -0.39 is 5.60 Å². The number of morpholine rings is 1. The maximum Gasteiger partial charge on any atom is 0.0976 e. The monoisotopic (exact) mass is 373 g/mol. The molecular weight excluding hydrogens is 346 g/mol. The second kappa shape index (κ2) is 9.01. The van der Waals surface area contributed by atoms with Crippen molar-refractivity contribution in [1.82, 2.24) is 4.90 Å². The zero-order chi connectivity index (χ0) is 18.4. The molecule has 1 aliphatic heterocycles. The van der Waals surface area contributed by atoms with Gasteiger partial charge in [0.25, 0.3) is 0 Å². The molecule has 1 fully saturated rings. The first kappa shape index (κ1) is 19.4. The molecule has 0 radical (unpaired) electrons. The lowest BCUT2D eigenvalue weighted by atomic mass is 9.74. The van der Waals surface area contributed by atoms with Crippen LogP contribution >= 0.6 is 11.6 Å². The van der Waals surface area contributed by atoms with Gasteiger partial charge in [-0.2, -0.15) is 0 Å². The van der Waals surface area contributed by atoms with E-state index in [4.69, 9.17) is 16.3 Å². The Hall–Kier alpha value is -1.39. The number of hydrogen-bond acceptors (Lipinski definition) is 3. The second-order valence-corrected chi connectivity index (χ2v) is 7.49. The van der Waals surface area contributed by atoms with Crippen molar-refractivity contribution in [2.24, 2.45) is 0 Å². The summed E-state index contributed by atoms with van der Waals surface area (Å²) in [6, 6.07) is 18.1. The Bertz CT molecular complexity index is 670. The van der Waals surface area contributed by atoms with Crippen molar-refractivity contribution in [3.8, 4) is 0 Å². The summed E-state index contributed by atoms with van der Waals surface area (Å²) in [5.74, 6) is -0.0112. The molecule has 4 heteroatoms. The van der Waals surface area contributed by atoms with Gasteiger partial charge in [0.15, 0.2) is 0 Å². The quantitative estimate of drug-likeness (QED) is 0.778. The van der Waals surface area contributed by atoms with Crippen molar-refractivity contribution in [3.05, 3.63) is 70.7 Å². The van der Waals surface area contributed by atoms with Gasteiger partial charge in [0.05, 0.1) is 18.8 Å². The van der Waals surface area contributed by atoms with Gasteiger partial charge in [-0.1, -0.05) is 67.4 Å². The van der Waals surface area contributed by atoms with Gasteiger partial charge in [-0.25, -0.2) is 0 Å². The molecule has 1 saturated heterocycles. The Balaban J connectivity index is 1.99. The van der Waals surface area contributed by atoms with Crippen LogP contribution in [0.1, 0.15) is 36.8 Å². The molecule has 0 aromatic heterocycles. The zero-order valence-corrected chi connectivity index (χ0v) is 16.2. The summed E-state index contributed by atoms with van der Waals surface area (Å²) >= 11 is 6.09. The van der Waals surface area contributed by atoms with Gasteiger partial charge in [0.2, 0.25) is 0 Å². The third kappa shape index (κ3) is 4.47. The van der Waals surface area contributed by atoms with E-state index in [9.17, 15) is 5.11 Å². The molecule has 140 valence electrons. The van der Waals surface area contributed by atoms with Crippen molar-refractivity contribution >= 4 is 11.6 Å². The number of benzene rings is 2. The van der Waals surface area contributed by atoms with E-state index in [0.29, 0.717) is 11.4 Å².